The molecule has 1 atom stereocenters. The Hall–Kier alpha value is -3.80. The minimum atomic E-state index is -4.73. The monoisotopic (exact) mass is 579 g/mol. The summed E-state index contributed by atoms with van der Waals surface area (Å²) in [6, 6.07) is 10.1. The zero-order valence-electron chi connectivity index (χ0n) is 21.7. The van der Waals surface area contributed by atoms with Crippen LogP contribution in [0.4, 0.5) is 18.0 Å². The van der Waals surface area contributed by atoms with Gasteiger partial charge >= 0.3 is 18.0 Å². The molecule has 40 heavy (non-hydrogen) atoms. The summed E-state index contributed by atoms with van der Waals surface area (Å²) in [5, 5.41) is 17.2. The molecule has 2 amide bonds. The number of benzene rings is 2. The van der Waals surface area contributed by atoms with Crippen molar-refractivity contribution in [2.75, 3.05) is 13.1 Å². The molecule has 1 aliphatic rings. The number of amides is 2. The predicted octanol–water partition coefficient (Wildman–Crippen LogP) is 5.36. The summed E-state index contributed by atoms with van der Waals surface area (Å²) < 4.78 is 44.0. The quantitative estimate of drug-likeness (QED) is 0.318. The predicted molar refractivity (Wildman–Crippen MR) is 142 cm³/mol. The maximum atomic E-state index is 13.8. The molecule has 1 aliphatic carbocycles. The summed E-state index contributed by atoms with van der Waals surface area (Å²) in [5.41, 5.74) is -1.10. The molecular formula is C27H29ClF3N5O4. The molecule has 1 saturated carbocycles. The van der Waals surface area contributed by atoms with Crippen molar-refractivity contribution in [3.8, 4) is 11.4 Å². The molecule has 13 heteroatoms. The summed E-state index contributed by atoms with van der Waals surface area (Å²) in [5.74, 6) is -0.314. The third-order valence-corrected chi connectivity index (χ3v) is 6.92. The Morgan fingerprint density at radius 3 is 2.45 bits per heavy atom. The van der Waals surface area contributed by atoms with Gasteiger partial charge in [0, 0.05) is 29.7 Å². The Bertz CT molecular complexity index is 1420. The molecule has 3 aromatic rings. The fraction of sp³-hybridized carbons (Fsp3) is 0.407. The first-order chi connectivity index (χ1) is 19.0. The van der Waals surface area contributed by atoms with Crippen LogP contribution >= 0.6 is 11.6 Å². The smallest absolute Gasteiger partial charge is 0.416 e. The second-order valence-corrected chi connectivity index (χ2v) is 10.0. The maximum absolute atomic E-state index is 13.8. The largest absolute Gasteiger partial charge is 0.465 e. The highest BCUT2D eigenvalue weighted by Crippen LogP contribution is 2.37. The van der Waals surface area contributed by atoms with Crippen molar-refractivity contribution in [1.29, 1.82) is 0 Å². The minimum Gasteiger partial charge on any atom is -0.465 e. The van der Waals surface area contributed by atoms with Gasteiger partial charge in [-0.25, -0.2) is 14.3 Å². The summed E-state index contributed by atoms with van der Waals surface area (Å²) in [6.45, 7) is 0.893. The van der Waals surface area contributed by atoms with Gasteiger partial charge in [0.25, 0.3) is 0 Å². The molecule has 1 fully saturated rings. The zero-order chi connectivity index (χ0) is 29.0. The van der Waals surface area contributed by atoms with Crippen molar-refractivity contribution in [3.63, 3.8) is 0 Å². The van der Waals surface area contributed by atoms with E-state index in [1.807, 2.05) is 6.92 Å². The van der Waals surface area contributed by atoms with Crippen molar-refractivity contribution in [2.24, 2.45) is 0 Å². The average molecular weight is 580 g/mol. The highest BCUT2D eigenvalue weighted by Gasteiger charge is 2.37. The number of carbonyl (C=O) groups excluding carboxylic acids is 1. The molecule has 214 valence electrons. The lowest BCUT2D eigenvalue weighted by atomic mass is 9.98. The van der Waals surface area contributed by atoms with Gasteiger partial charge in [0.1, 0.15) is 6.54 Å². The number of carboxylic acid groups (broad SMARTS) is 1. The van der Waals surface area contributed by atoms with Gasteiger partial charge in [-0.2, -0.15) is 13.2 Å². The van der Waals surface area contributed by atoms with E-state index in [-0.39, 0.29) is 18.2 Å². The van der Waals surface area contributed by atoms with Gasteiger partial charge in [-0.15, -0.1) is 5.10 Å². The third kappa shape index (κ3) is 6.67. The van der Waals surface area contributed by atoms with Crippen LogP contribution in [0.2, 0.25) is 5.02 Å². The number of aromatic nitrogens is 3. The fourth-order valence-electron chi connectivity index (χ4n) is 4.53. The van der Waals surface area contributed by atoms with Crippen LogP contribution in [0, 0.1) is 0 Å². The summed E-state index contributed by atoms with van der Waals surface area (Å²) in [4.78, 5) is 39.1. The van der Waals surface area contributed by atoms with Crippen molar-refractivity contribution < 1.29 is 27.9 Å². The number of alkyl halides is 3. The average Bonchev–Trinajstić information content (AvgIpc) is 3.69. The number of hydrogen-bond donors (Lipinski definition) is 2. The molecule has 2 N–H and O–H groups in total. The second kappa shape index (κ2) is 12.2. The Morgan fingerprint density at radius 2 is 1.85 bits per heavy atom. The lowest BCUT2D eigenvalue weighted by Gasteiger charge is -2.31. The fourth-order valence-corrected chi connectivity index (χ4v) is 4.66. The minimum absolute atomic E-state index is 0.0196. The lowest BCUT2D eigenvalue weighted by Crippen LogP contribution is -2.43. The number of rotatable bonds is 11. The van der Waals surface area contributed by atoms with E-state index < -0.39 is 48.6 Å². The van der Waals surface area contributed by atoms with Crippen LogP contribution in [0.3, 0.4) is 0 Å². The molecule has 1 aromatic heterocycles. The van der Waals surface area contributed by atoms with Crippen LogP contribution in [-0.4, -0.2) is 49.4 Å². The van der Waals surface area contributed by atoms with E-state index in [1.165, 1.54) is 22.8 Å². The standard InChI is InChI=1S/C27H29ClF3N5O4/c1-2-3-14-34(26(39)40)22(20-6-4-5-7-21(20)27(29,30)31)15-32-23(37)16-35-25(38)36(19-12-13-19)24(33-35)17-8-10-18(28)11-9-17/h4-11,19,22H,2-3,12-16H2,1H3,(H,32,37)(H,39,40). The lowest BCUT2D eigenvalue weighted by molar-refractivity contribution is -0.138. The van der Waals surface area contributed by atoms with Crippen LogP contribution < -0.4 is 11.0 Å². The number of halogens is 4. The molecule has 0 bridgehead atoms. The molecule has 1 unspecified atom stereocenters. The van der Waals surface area contributed by atoms with Crippen LogP contribution in [0.25, 0.3) is 11.4 Å². The van der Waals surface area contributed by atoms with Crippen LogP contribution in [0.15, 0.2) is 53.3 Å². The van der Waals surface area contributed by atoms with Gasteiger partial charge < -0.3 is 10.4 Å². The van der Waals surface area contributed by atoms with Gasteiger partial charge in [0.2, 0.25) is 5.91 Å². The number of nitrogens with one attached hydrogen (secondary N) is 1. The van der Waals surface area contributed by atoms with E-state index in [9.17, 15) is 32.7 Å². The molecule has 9 nitrogen and oxygen atoms in total. The number of carbonyl (C=O) groups is 2. The third-order valence-electron chi connectivity index (χ3n) is 6.67. The topological polar surface area (TPSA) is 109 Å². The Kier molecular flexibility index (Phi) is 8.87. The van der Waals surface area contributed by atoms with E-state index in [4.69, 9.17) is 11.6 Å². The van der Waals surface area contributed by atoms with E-state index in [0.29, 0.717) is 29.3 Å². The van der Waals surface area contributed by atoms with Gasteiger partial charge in [0.05, 0.1) is 11.6 Å². The highest BCUT2D eigenvalue weighted by atomic mass is 35.5. The summed E-state index contributed by atoms with van der Waals surface area (Å²) in [6.07, 6.45) is -3.51. The number of unbranched alkanes of at least 4 members (excludes halogenated alkanes) is 1. The normalized spacial score (nSPS) is 14.1. The van der Waals surface area contributed by atoms with E-state index in [2.05, 4.69) is 10.4 Å². The molecule has 2 aromatic carbocycles. The first-order valence-corrected chi connectivity index (χ1v) is 13.3. The van der Waals surface area contributed by atoms with E-state index in [1.54, 1.807) is 24.3 Å². The summed E-state index contributed by atoms with van der Waals surface area (Å²) in [7, 11) is 0. The van der Waals surface area contributed by atoms with Crippen molar-refractivity contribution >= 4 is 23.6 Å². The Labute approximate surface area is 233 Å². The Morgan fingerprint density at radius 1 is 1.18 bits per heavy atom. The van der Waals surface area contributed by atoms with E-state index >= 15 is 0 Å². The SMILES string of the molecule is CCCCN(C(=O)O)C(CNC(=O)Cn1nc(-c2ccc(Cl)cc2)n(C2CC2)c1=O)c1ccccc1C(F)(F)F. The first-order valence-electron chi connectivity index (χ1n) is 12.9. The van der Waals surface area contributed by atoms with Gasteiger partial charge in [-0.3, -0.25) is 14.3 Å². The van der Waals surface area contributed by atoms with Crippen molar-refractivity contribution in [2.45, 2.75) is 57.4 Å². The maximum Gasteiger partial charge on any atom is 0.416 e. The van der Waals surface area contributed by atoms with Gasteiger partial charge in [-0.05, 0) is 55.2 Å². The Balaban J connectivity index is 1.59. The molecule has 0 aliphatic heterocycles. The first kappa shape index (κ1) is 29.2. The van der Waals surface area contributed by atoms with Crippen LogP contribution in [0.5, 0.6) is 0 Å². The van der Waals surface area contributed by atoms with Crippen molar-refractivity contribution in [1.82, 2.24) is 24.6 Å². The highest BCUT2D eigenvalue weighted by molar-refractivity contribution is 6.30. The molecular weight excluding hydrogens is 551 g/mol. The molecule has 4 rings (SSSR count). The van der Waals surface area contributed by atoms with Crippen LogP contribution in [-0.2, 0) is 17.5 Å². The molecule has 1 heterocycles. The number of hydrogen-bond acceptors (Lipinski definition) is 4. The van der Waals surface area contributed by atoms with Gasteiger partial charge in [0.15, 0.2) is 5.82 Å². The van der Waals surface area contributed by atoms with Crippen molar-refractivity contribution in [3.05, 3.63) is 75.2 Å². The van der Waals surface area contributed by atoms with E-state index in [0.717, 1.165) is 28.5 Å². The summed E-state index contributed by atoms with van der Waals surface area (Å²) >= 11 is 5.98. The van der Waals surface area contributed by atoms with Gasteiger partial charge in [-0.1, -0.05) is 43.1 Å². The molecule has 0 radical (unpaired) electrons. The zero-order valence-corrected chi connectivity index (χ0v) is 22.5. The molecule has 0 spiro atoms. The second-order valence-electron chi connectivity index (χ2n) is 9.61. The van der Waals surface area contributed by atoms with Crippen LogP contribution in [0.1, 0.15) is 55.8 Å². The molecule has 0 saturated heterocycles. The number of nitrogens with zero attached hydrogens (tertiary/aromatic N) is 4.